The van der Waals surface area contributed by atoms with Crippen molar-refractivity contribution < 1.29 is 14.3 Å². The van der Waals surface area contributed by atoms with E-state index in [4.69, 9.17) is 9.47 Å². The molecule has 20 heavy (non-hydrogen) atoms. The van der Waals surface area contributed by atoms with E-state index in [-0.39, 0.29) is 12.1 Å². The van der Waals surface area contributed by atoms with Gasteiger partial charge in [-0.15, -0.1) is 0 Å². The first-order valence-corrected chi connectivity index (χ1v) is 8.19. The van der Waals surface area contributed by atoms with Crippen molar-refractivity contribution in [3.8, 4) is 0 Å². The molecule has 1 saturated heterocycles. The lowest BCUT2D eigenvalue weighted by Crippen LogP contribution is -2.46. The molecule has 0 aromatic heterocycles. The first-order valence-electron chi connectivity index (χ1n) is 8.19. The Bertz CT molecular complexity index is 258. The first kappa shape index (κ1) is 17.4. The Morgan fingerprint density at radius 3 is 2.45 bits per heavy atom. The van der Waals surface area contributed by atoms with Gasteiger partial charge in [0, 0.05) is 13.1 Å². The number of ether oxygens (including phenoxy) is 2. The van der Waals surface area contributed by atoms with Crippen molar-refractivity contribution in [2.24, 2.45) is 0 Å². The first-order chi connectivity index (χ1) is 9.77. The summed E-state index contributed by atoms with van der Waals surface area (Å²) < 4.78 is 10.2. The number of unbranched alkanes of at least 4 members (excludes halogenated alkanes) is 7. The molecule has 4 heteroatoms. The number of rotatable bonds is 10. The zero-order valence-corrected chi connectivity index (χ0v) is 13.2. The van der Waals surface area contributed by atoms with Crippen LogP contribution in [0.5, 0.6) is 0 Å². The molecule has 0 N–H and O–H groups in total. The molecule has 0 aromatic rings. The second-order valence-electron chi connectivity index (χ2n) is 5.66. The standard InChI is InChI=1S/C16H31NO3/c1-3-4-5-6-7-8-9-10-11-17-12-13-20-15(14-17)16(18)19-2/h15H,3-14H2,1-2H3. The Labute approximate surface area is 123 Å². The molecule has 4 nitrogen and oxygen atoms in total. The van der Waals surface area contributed by atoms with E-state index in [0.717, 1.165) is 13.1 Å². The van der Waals surface area contributed by atoms with Crippen LogP contribution in [0.4, 0.5) is 0 Å². The van der Waals surface area contributed by atoms with Crippen LogP contribution in [-0.2, 0) is 14.3 Å². The second kappa shape index (κ2) is 11.1. The molecule has 1 aliphatic rings. The van der Waals surface area contributed by atoms with Gasteiger partial charge in [0.05, 0.1) is 13.7 Å². The summed E-state index contributed by atoms with van der Waals surface area (Å²) in [5.41, 5.74) is 0. The maximum atomic E-state index is 11.4. The lowest BCUT2D eigenvalue weighted by Gasteiger charge is -2.31. The number of carbonyl (C=O) groups excluding carboxylic acids is 1. The lowest BCUT2D eigenvalue weighted by atomic mass is 10.1. The van der Waals surface area contributed by atoms with Crippen LogP contribution in [0.15, 0.2) is 0 Å². The third-order valence-corrected chi connectivity index (χ3v) is 3.94. The molecule has 0 aliphatic carbocycles. The van der Waals surface area contributed by atoms with E-state index >= 15 is 0 Å². The molecule has 0 spiro atoms. The molecule has 0 radical (unpaired) electrons. The van der Waals surface area contributed by atoms with Crippen LogP contribution in [0.3, 0.4) is 0 Å². The summed E-state index contributed by atoms with van der Waals surface area (Å²) in [6.45, 7) is 5.58. The number of esters is 1. The summed E-state index contributed by atoms with van der Waals surface area (Å²) >= 11 is 0. The van der Waals surface area contributed by atoms with E-state index in [1.807, 2.05) is 0 Å². The van der Waals surface area contributed by atoms with Gasteiger partial charge in [-0.2, -0.15) is 0 Å². The van der Waals surface area contributed by atoms with Gasteiger partial charge in [0.25, 0.3) is 0 Å². The van der Waals surface area contributed by atoms with Crippen molar-refractivity contribution in [2.45, 2.75) is 64.4 Å². The van der Waals surface area contributed by atoms with Crippen molar-refractivity contribution in [1.29, 1.82) is 0 Å². The molecule has 1 aliphatic heterocycles. The minimum absolute atomic E-state index is 0.245. The summed E-state index contributed by atoms with van der Waals surface area (Å²) in [6.07, 6.45) is 10.3. The molecule has 1 unspecified atom stereocenters. The average molecular weight is 285 g/mol. The summed E-state index contributed by atoms with van der Waals surface area (Å²) in [4.78, 5) is 13.8. The highest BCUT2D eigenvalue weighted by atomic mass is 16.6. The van der Waals surface area contributed by atoms with Crippen molar-refractivity contribution >= 4 is 5.97 Å². The summed E-state index contributed by atoms with van der Waals surface area (Å²) in [5, 5.41) is 0. The number of morpholine rings is 1. The SMILES string of the molecule is CCCCCCCCCCN1CCOC(C(=O)OC)C1. The molecule has 0 bridgehead atoms. The molecule has 1 fully saturated rings. The number of carbonyl (C=O) groups is 1. The maximum absolute atomic E-state index is 11.4. The molecule has 118 valence electrons. The molecule has 0 saturated carbocycles. The summed E-state index contributed by atoms with van der Waals surface area (Å²) in [7, 11) is 1.42. The van der Waals surface area contributed by atoms with Crippen LogP contribution in [0, 0.1) is 0 Å². The topological polar surface area (TPSA) is 38.8 Å². The Balaban J connectivity index is 2.00. The van der Waals surface area contributed by atoms with Gasteiger partial charge in [0.1, 0.15) is 0 Å². The number of nitrogens with zero attached hydrogens (tertiary/aromatic N) is 1. The van der Waals surface area contributed by atoms with Crippen LogP contribution >= 0.6 is 0 Å². The van der Waals surface area contributed by atoms with Crippen LogP contribution in [0.2, 0.25) is 0 Å². The molecule has 1 atom stereocenters. The zero-order chi connectivity index (χ0) is 14.6. The lowest BCUT2D eigenvalue weighted by molar-refractivity contribution is -0.159. The third-order valence-electron chi connectivity index (χ3n) is 3.94. The Morgan fingerprint density at radius 2 is 1.80 bits per heavy atom. The van der Waals surface area contributed by atoms with Crippen LogP contribution in [0.1, 0.15) is 58.3 Å². The predicted molar refractivity (Wildman–Crippen MR) is 80.8 cm³/mol. The van der Waals surface area contributed by atoms with Gasteiger partial charge >= 0.3 is 5.97 Å². The van der Waals surface area contributed by atoms with Crippen LogP contribution < -0.4 is 0 Å². The number of methoxy groups -OCH3 is 1. The second-order valence-corrected chi connectivity index (χ2v) is 5.66. The minimum Gasteiger partial charge on any atom is -0.467 e. The molecule has 0 aromatic carbocycles. The fourth-order valence-corrected chi connectivity index (χ4v) is 2.65. The maximum Gasteiger partial charge on any atom is 0.336 e. The number of hydrogen-bond donors (Lipinski definition) is 0. The van der Waals surface area contributed by atoms with Gasteiger partial charge < -0.3 is 9.47 Å². The zero-order valence-electron chi connectivity index (χ0n) is 13.2. The van der Waals surface area contributed by atoms with E-state index in [1.165, 1.54) is 58.5 Å². The van der Waals surface area contributed by atoms with E-state index in [1.54, 1.807) is 0 Å². The molecule has 1 rings (SSSR count). The molecule has 1 heterocycles. The molecular weight excluding hydrogens is 254 g/mol. The van der Waals surface area contributed by atoms with Gasteiger partial charge in [0.15, 0.2) is 6.10 Å². The average Bonchev–Trinajstić information content (AvgIpc) is 2.49. The van der Waals surface area contributed by atoms with Gasteiger partial charge in [-0.25, -0.2) is 4.79 Å². The van der Waals surface area contributed by atoms with Crippen molar-refractivity contribution in [3.05, 3.63) is 0 Å². The van der Waals surface area contributed by atoms with Gasteiger partial charge in [0.2, 0.25) is 0 Å². The highest BCUT2D eigenvalue weighted by Gasteiger charge is 2.26. The monoisotopic (exact) mass is 285 g/mol. The van der Waals surface area contributed by atoms with Gasteiger partial charge in [-0.05, 0) is 13.0 Å². The van der Waals surface area contributed by atoms with E-state index in [0.29, 0.717) is 13.2 Å². The fraction of sp³-hybridized carbons (Fsp3) is 0.938. The Kier molecular flexibility index (Phi) is 9.67. The van der Waals surface area contributed by atoms with Crippen molar-refractivity contribution in [3.63, 3.8) is 0 Å². The van der Waals surface area contributed by atoms with Gasteiger partial charge in [-0.1, -0.05) is 51.9 Å². The van der Waals surface area contributed by atoms with Crippen LogP contribution in [0.25, 0.3) is 0 Å². The molecule has 0 amide bonds. The Hall–Kier alpha value is -0.610. The van der Waals surface area contributed by atoms with E-state index < -0.39 is 0 Å². The van der Waals surface area contributed by atoms with Gasteiger partial charge in [-0.3, -0.25) is 4.90 Å². The third kappa shape index (κ3) is 7.25. The number of hydrogen-bond acceptors (Lipinski definition) is 4. The van der Waals surface area contributed by atoms with Crippen molar-refractivity contribution in [1.82, 2.24) is 4.90 Å². The largest absolute Gasteiger partial charge is 0.467 e. The van der Waals surface area contributed by atoms with Crippen molar-refractivity contribution in [2.75, 3.05) is 33.4 Å². The normalized spacial score (nSPS) is 20.0. The quantitative estimate of drug-likeness (QED) is 0.457. The Morgan fingerprint density at radius 1 is 1.15 bits per heavy atom. The predicted octanol–water partition coefficient (Wildman–Crippen LogP) is 3.00. The smallest absolute Gasteiger partial charge is 0.336 e. The van der Waals surface area contributed by atoms with Crippen LogP contribution in [-0.4, -0.2) is 50.3 Å². The highest BCUT2D eigenvalue weighted by Crippen LogP contribution is 2.11. The highest BCUT2D eigenvalue weighted by molar-refractivity contribution is 5.74. The molecular formula is C16H31NO3. The minimum atomic E-state index is -0.386. The summed E-state index contributed by atoms with van der Waals surface area (Å²) in [5.74, 6) is -0.245. The fourth-order valence-electron chi connectivity index (χ4n) is 2.65. The van der Waals surface area contributed by atoms with E-state index in [9.17, 15) is 4.79 Å². The summed E-state index contributed by atoms with van der Waals surface area (Å²) in [6, 6.07) is 0. The van der Waals surface area contributed by atoms with E-state index in [2.05, 4.69) is 11.8 Å².